The average Bonchev–Trinajstić information content (AvgIpc) is 3.21. The van der Waals surface area contributed by atoms with E-state index in [2.05, 4.69) is 4.72 Å². The molecule has 2 heterocycles. The summed E-state index contributed by atoms with van der Waals surface area (Å²) in [5, 5.41) is 2.34. The van der Waals surface area contributed by atoms with Gasteiger partial charge >= 0.3 is 5.63 Å². The molecule has 0 radical (unpaired) electrons. The summed E-state index contributed by atoms with van der Waals surface area (Å²) in [6.07, 6.45) is 0. The molecule has 0 aliphatic rings. The molecular formula is C20H14FNO4S2. The number of sulfonamides is 1. The number of thiophene rings is 1. The molecule has 0 saturated heterocycles. The van der Waals surface area contributed by atoms with Gasteiger partial charge in [-0.1, -0.05) is 18.2 Å². The number of hydrogen-bond donors (Lipinski definition) is 1. The Labute approximate surface area is 164 Å². The maximum absolute atomic E-state index is 13.3. The smallest absolute Gasteiger partial charge is 0.336 e. The van der Waals surface area contributed by atoms with E-state index in [9.17, 15) is 17.6 Å². The van der Waals surface area contributed by atoms with E-state index in [-0.39, 0.29) is 4.90 Å². The Morgan fingerprint density at radius 3 is 2.50 bits per heavy atom. The minimum Gasteiger partial charge on any atom is -0.423 e. The second-order valence-corrected chi connectivity index (χ2v) is 8.77. The van der Waals surface area contributed by atoms with Gasteiger partial charge in [0.1, 0.15) is 11.4 Å². The highest BCUT2D eigenvalue weighted by Crippen LogP contribution is 2.29. The van der Waals surface area contributed by atoms with Crippen LogP contribution in [-0.2, 0) is 10.0 Å². The normalized spacial score (nSPS) is 12.9. The third-order valence-electron chi connectivity index (χ3n) is 4.21. The van der Waals surface area contributed by atoms with E-state index in [0.717, 1.165) is 4.88 Å². The fraction of sp³-hybridized carbons (Fsp3) is 0.0500. The first-order valence-electron chi connectivity index (χ1n) is 8.27. The van der Waals surface area contributed by atoms with Crippen LogP contribution in [0, 0.1) is 5.82 Å². The number of rotatable bonds is 5. The van der Waals surface area contributed by atoms with Crippen LogP contribution in [0.3, 0.4) is 0 Å². The first kappa shape index (κ1) is 18.5. The number of benzene rings is 2. The predicted octanol–water partition coefficient (Wildman–Crippen LogP) is 4.06. The van der Waals surface area contributed by atoms with E-state index in [1.807, 2.05) is 17.5 Å². The predicted molar refractivity (Wildman–Crippen MR) is 105 cm³/mol. The van der Waals surface area contributed by atoms with E-state index in [0.29, 0.717) is 16.5 Å². The van der Waals surface area contributed by atoms with Crippen molar-refractivity contribution in [2.45, 2.75) is 10.9 Å². The van der Waals surface area contributed by atoms with E-state index >= 15 is 0 Å². The molecule has 5 nitrogen and oxygen atoms in total. The monoisotopic (exact) mass is 415 g/mol. The largest absolute Gasteiger partial charge is 0.423 e. The Kier molecular flexibility index (Phi) is 4.84. The molecule has 4 aromatic rings. The van der Waals surface area contributed by atoms with Crippen molar-refractivity contribution in [3.05, 3.63) is 98.8 Å². The highest BCUT2D eigenvalue weighted by Gasteiger charge is 2.24. The molecule has 28 heavy (non-hydrogen) atoms. The maximum atomic E-state index is 13.3. The van der Waals surface area contributed by atoms with Gasteiger partial charge in [-0.05, 0) is 53.4 Å². The molecule has 2 aromatic carbocycles. The lowest BCUT2D eigenvalue weighted by Crippen LogP contribution is -2.29. The van der Waals surface area contributed by atoms with Crippen molar-refractivity contribution >= 4 is 32.3 Å². The summed E-state index contributed by atoms with van der Waals surface area (Å²) in [7, 11) is -3.90. The van der Waals surface area contributed by atoms with Crippen molar-refractivity contribution < 1.29 is 17.2 Å². The topological polar surface area (TPSA) is 76.4 Å². The van der Waals surface area contributed by atoms with Crippen molar-refractivity contribution in [2.24, 2.45) is 0 Å². The molecule has 8 heteroatoms. The molecule has 142 valence electrons. The molecular weight excluding hydrogens is 401 g/mol. The van der Waals surface area contributed by atoms with Crippen LogP contribution in [0.15, 0.2) is 86.2 Å². The van der Waals surface area contributed by atoms with Crippen molar-refractivity contribution in [3.63, 3.8) is 0 Å². The van der Waals surface area contributed by atoms with Crippen molar-refractivity contribution in [2.75, 3.05) is 0 Å². The zero-order valence-corrected chi connectivity index (χ0v) is 16.0. The molecule has 0 fully saturated rings. The first-order valence-corrected chi connectivity index (χ1v) is 10.6. The van der Waals surface area contributed by atoms with E-state index in [1.165, 1.54) is 53.8 Å². The lowest BCUT2D eigenvalue weighted by Gasteiger charge is -2.18. The standard InChI is InChI=1S/C20H14FNO4S2/c21-15-6-3-13(4-7-15)20(18-2-1-11-27-18)22-28(24,25)16-8-9-17-14(12-16)5-10-19(23)26-17/h1-12,20,22H. The molecule has 0 aliphatic carbocycles. The third kappa shape index (κ3) is 3.75. The Hall–Kier alpha value is -2.81. The van der Waals surface area contributed by atoms with Crippen LogP contribution >= 0.6 is 11.3 Å². The van der Waals surface area contributed by atoms with Gasteiger partial charge in [0.15, 0.2) is 0 Å². The summed E-state index contributed by atoms with van der Waals surface area (Å²) >= 11 is 1.40. The zero-order chi connectivity index (χ0) is 19.7. The first-order chi connectivity index (χ1) is 13.4. The number of fused-ring (bicyclic) bond motifs is 1. The highest BCUT2D eigenvalue weighted by atomic mass is 32.2. The minimum atomic E-state index is -3.90. The molecule has 0 aliphatic heterocycles. The van der Waals surface area contributed by atoms with Crippen LogP contribution in [0.2, 0.25) is 0 Å². The summed E-state index contributed by atoms with van der Waals surface area (Å²) in [4.78, 5) is 12.1. The van der Waals surface area contributed by atoms with Gasteiger partial charge in [0, 0.05) is 16.3 Å². The summed E-state index contributed by atoms with van der Waals surface area (Å²) in [6.45, 7) is 0. The highest BCUT2D eigenvalue weighted by molar-refractivity contribution is 7.89. The number of halogens is 1. The summed E-state index contributed by atoms with van der Waals surface area (Å²) in [5.41, 5.74) is 0.425. The lowest BCUT2D eigenvalue weighted by molar-refractivity contribution is 0.560. The maximum Gasteiger partial charge on any atom is 0.336 e. The third-order valence-corrected chi connectivity index (χ3v) is 6.56. The van der Waals surface area contributed by atoms with Crippen LogP contribution < -0.4 is 10.3 Å². The summed E-state index contributed by atoms with van der Waals surface area (Å²) < 4.78 is 47.1. The molecule has 1 N–H and O–H groups in total. The van der Waals surface area contributed by atoms with Gasteiger partial charge in [-0.2, -0.15) is 4.72 Å². The number of nitrogens with one attached hydrogen (secondary N) is 1. The van der Waals surface area contributed by atoms with E-state index < -0.39 is 27.5 Å². The van der Waals surface area contributed by atoms with Gasteiger partial charge in [-0.25, -0.2) is 17.6 Å². The molecule has 0 saturated carbocycles. The SMILES string of the molecule is O=c1ccc2cc(S(=O)(=O)NC(c3ccc(F)cc3)c3cccs3)ccc2o1. The van der Waals surface area contributed by atoms with E-state index in [1.54, 1.807) is 12.1 Å². The quantitative estimate of drug-likeness (QED) is 0.499. The zero-order valence-electron chi connectivity index (χ0n) is 14.3. The van der Waals surface area contributed by atoms with Gasteiger partial charge in [0.25, 0.3) is 0 Å². The van der Waals surface area contributed by atoms with Gasteiger partial charge in [0.05, 0.1) is 10.9 Å². The molecule has 0 amide bonds. The molecule has 4 rings (SSSR count). The lowest BCUT2D eigenvalue weighted by atomic mass is 10.1. The van der Waals surface area contributed by atoms with Crippen LogP contribution in [0.5, 0.6) is 0 Å². The molecule has 0 spiro atoms. The van der Waals surface area contributed by atoms with Crippen LogP contribution in [0.25, 0.3) is 11.0 Å². The van der Waals surface area contributed by atoms with Crippen LogP contribution in [0.1, 0.15) is 16.5 Å². The minimum absolute atomic E-state index is 0.0394. The second-order valence-electron chi connectivity index (χ2n) is 6.08. The Morgan fingerprint density at radius 2 is 1.79 bits per heavy atom. The molecule has 1 atom stereocenters. The van der Waals surface area contributed by atoms with Crippen molar-refractivity contribution in [1.82, 2.24) is 4.72 Å². The summed E-state index contributed by atoms with van der Waals surface area (Å²) in [5.74, 6) is -0.396. The van der Waals surface area contributed by atoms with Gasteiger partial charge in [0.2, 0.25) is 10.0 Å². The van der Waals surface area contributed by atoms with Gasteiger partial charge < -0.3 is 4.42 Å². The average molecular weight is 415 g/mol. The Morgan fingerprint density at radius 1 is 1.00 bits per heavy atom. The molecule has 1 unspecified atom stereocenters. The van der Waals surface area contributed by atoms with Gasteiger partial charge in [-0.3, -0.25) is 0 Å². The van der Waals surface area contributed by atoms with Crippen molar-refractivity contribution in [1.29, 1.82) is 0 Å². The van der Waals surface area contributed by atoms with Crippen LogP contribution in [-0.4, -0.2) is 8.42 Å². The Bertz CT molecular complexity index is 1280. The fourth-order valence-corrected chi connectivity index (χ4v) is 4.96. The fourth-order valence-electron chi connectivity index (χ4n) is 2.84. The summed E-state index contributed by atoms with van der Waals surface area (Å²) in [6, 6.07) is 15.7. The second kappa shape index (κ2) is 7.31. The van der Waals surface area contributed by atoms with Gasteiger partial charge in [-0.15, -0.1) is 11.3 Å². The number of hydrogen-bond acceptors (Lipinski definition) is 5. The molecule has 2 aromatic heterocycles. The van der Waals surface area contributed by atoms with Crippen molar-refractivity contribution in [3.8, 4) is 0 Å². The molecule has 0 bridgehead atoms. The van der Waals surface area contributed by atoms with E-state index in [4.69, 9.17) is 4.42 Å². The Balaban J connectivity index is 1.74. The van der Waals surface area contributed by atoms with Crippen LogP contribution in [0.4, 0.5) is 4.39 Å².